The van der Waals surface area contributed by atoms with Crippen molar-refractivity contribution in [2.45, 2.75) is 40.5 Å². The van der Waals surface area contributed by atoms with Crippen LogP contribution < -0.4 is 10.6 Å². The first-order chi connectivity index (χ1) is 12.4. The lowest BCUT2D eigenvalue weighted by Crippen LogP contribution is -2.23. The third-order valence-electron chi connectivity index (χ3n) is 4.32. The predicted molar refractivity (Wildman–Crippen MR) is 105 cm³/mol. The number of carbonyl (C=O) groups excluding carboxylic acids is 2. The maximum Gasteiger partial charge on any atom is 0.412 e. The Bertz CT molecular complexity index is 732. The van der Waals surface area contributed by atoms with Gasteiger partial charge in [-0.1, -0.05) is 26.0 Å². The summed E-state index contributed by atoms with van der Waals surface area (Å²) < 4.78 is 5.00. The molecule has 2 amide bonds. The summed E-state index contributed by atoms with van der Waals surface area (Å²) in [5, 5.41) is 5.39. The SMILES string of the molecule is CCc1cc(NC(=O)COC(=O)Nc2ccc(C)c(CC)c2)ccc1C. The van der Waals surface area contributed by atoms with E-state index in [1.807, 2.05) is 50.2 Å². The second-order valence-corrected chi connectivity index (χ2v) is 6.24. The standard InChI is InChI=1S/C21H26N2O3/c1-5-16-11-18(9-7-14(16)3)22-20(24)13-26-21(25)23-19-10-8-15(4)17(6-2)12-19/h7-12H,5-6,13H2,1-4H3,(H,22,24)(H,23,25). The number of hydrogen-bond acceptors (Lipinski definition) is 3. The molecule has 2 aromatic carbocycles. The normalized spacial score (nSPS) is 10.3. The topological polar surface area (TPSA) is 67.4 Å². The van der Waals surface area contributed by atoms with Gasteiger partial charge < -0.3 is 10.1 Å². The zero-order valence-corrected chi connectivity index (χ0v) is 15.8. The number of rotatable bonds is 6. The third kappa shape index (κ3) is 5.34. The Labute approximate surface area is 154 Å². The third-order valence-corrected chi connectivity index (χ3v) is 4.32. The maximum absolute atomic E-state index is 12.0. The fourth-order valence-corrected chi connectivity index (χ4v) is 2.74. The van der Waals surface area contributed by atoms with E-state index in [4.69, 9.17) is 4.74 Å². The van der Waals surface area contributed by atoms with Crippen LogP contribution >= 0.6 is 0 Å². The Balaban J connectivity index is 1.86. The molecule has 2 rings (SSSR count). The van der Waals surface area contributed by atoms with Crippen LogP contribution in [0.5, 0.6) is 0 Å². The smallest absolute Gasteiger partial charge is 0.412 e. The molecule has 5 nitrogen and oxygen atoms in total. The molecule has 2 aromatic rings. The van der Waals surface area contributed by atoms with Gasteiger partial charge in [-0.15, -0.1) is 0 Å². The van der Waals surface area contributed by atoms with Gasteiger partial charge in [-0.3, -0.25) is 10.1 Å². The van der Waals surface area contributed by atoms with Crippen LogP contribution in [0.15, 0.2) is 36.4 Å². The van der Waals surface area contributed by atoms with E-state index in [1.54, 1.807) is 0 Å². The molecule has 0 aliphatic rings. The monoisotopic (exact) mass is 354 g/mol. The van der Waals surface area contributed by atoms with Gasteiger partial charge in [-0.25, -0.2) is 4.79 Å². The quantitative estimate of drug-likeness (QED) is 0.796. The average molecular weight is 354 g/mol. The lowest BCUT2D eigenvalue weighted by molar-refractivity contribution is -0.118. The number of amides is 2. The zero-order chi connectivity index (χ0) is 19.1. The second kappa shape index (κ2) is 9.04. The Morgan fingerprint density at radius 3 is 1.85 bits per heavy atom. The van der Waals surface area contributed by atoms with E-state index in [0.717, 1.165) is 18.4 Å². The Kier molecular flexibility index (Phi) is 6.78. The number of carbonyl (C=O) groups is 2. The average Bonchev–Trinajstić information content (AvgIpc) is 2.63. The molecule has 2 N–H and O–H groups in total. The first kappa shape index (κ1) is 19.5. The molecule has 0 fully saturated rings. The predicted octanol–water partition coefficient (Wildman–Crippen LogP) is 4.62. The molecule has 0 aliphatic heterocycles. The van der Waals surface area contributed by atoms with Crippen molar-refractivity contribution in [2.24, 2.45) is 0 Å². The van der Waals surface area contributed by atoms with E-state index >= 15 is 0 Å². The molecule has 0 heterocycles. The van der Waals surface area contributed by atoms with Crippen LogP contribution in [-0.4, -0.2) is 18.6 Å². The molecule has 0 spiro atoms. The van der Waals surface area contributed by atoms with Crippen LogP contribution in [0.3, 0.4) is 0 Å². The van der Waals surface area contributed by atoms with Crippen molar-refractivity contribution in [1.82, 2.24) is 0 Å². The van der Waals surface area contributed by atoms with Gasteiger partial charge in [0, 0.05) is 11.4 Å². The zero-order valence-electron chi connectivity index (χ0n) is 15.8. The second-order valence-electron chi connectivity index (χ2n) is 6.24. The molecule has 0 radical (unpaired) electrons. The van der Waals surface area contributed by atoms with Gasteiger partial charge in [-0.2, -0.15) is 0 Å². The Morgan fingerprint density at radius 2 is 1.35 bits per heavy atom. The van der Waals surface area contributed by atoms with Gasteiger partial charge in [0.15, 0.2) is 6.61 Å². The minimum Gasteiger partial charge on any atom is -0.439 e. The van der Waals surface area contributed by atoms with Crippen molar-refractivity contribution in [3.63, 3.8) is 0 Å². The van der Waals surface area contributed by atoms with E-state index < -0.39 is 6.09 Å². The molecule has 0 aliphatic carbocycles. The summed E-state index contributed by atoms with van der Waals surface area (Å²) in [6, 6.07) is 11.4. The molecule has 0 atom stereocenters. The van der Waals surface area contributed by atoms with Crippen LogP contribution in [0.2, 0.25) is 0 Å². The summed E-state index contributed by atoms with van der Waals surface area (Å²) in [5.74, 6) is -0.371. The molecule has 0 bridgehead atoms. The summed E-state index contributed by atoms with van der Waals surface area (Å²) in [6.45, 7) is 7.85. The minimum absolute atomic E-state index is 0.340. The molecule has 5 heteroatoms. The van der Waals surface area contributed by atoms with Crippen molar-refractivity contribution in [2.75, 3.05) is 17.2 Å². The van der Waals surface area contributed by atoms with E-state index in [2.05, 4.69) is 24.5 Å². The summed E-state index contributed by atoms with van der Waals surface area (Å²) in [6.07, 6.45) is 1.13. The Morgan fingerprint density at radius 1 is 0.846 bits per heavy atom. The van der Waals surface area contributed by atoms with Gasteiger partial charge in [0.05, 0.1) is 0 Å². The van der Waals surface area contributed by atoms with E-state index in [0.29, 0.717) is 11.4 Å². The fraction of sp³-hybridized carbons (Fsp3) is 0.333. The summed E-state index contributed by atoms with van der Waals surface area (Å²) >= 11 is 0. The van der Waals surface area contributed by atoms with Gasteiger partial charge in [-0.05, 0) is 73.2 Å². The van der Waals surface area contributed by atoms with Crippen molar-refractivity contribution < 1.29 is 14.3 Å². The maximum atomic E-state index is 12.0. The molecule has 0 saturated heterocycles. The lowest BCUT2D eigenvalue weighted by atomic mass is 10.1. The van der Waals surface area contributed by atoms with E-state index in [-0.39, 0.29) is 12.5 Å². The van der Waals surface area contributed by atoms with Gasteiger partial charge in [0.1, 0.15) is 0 Å². The molecule has 0 aromatic heterocycles. The summed E-state index contributed by atoms with van der Waals surface area (Å²) in [7, 11) is 0. The highest BCUT2D eigenvalue weighted by Crippen LogP contribution is 2.17. The lowest BCUT2D eigenvalue weighted by Gasteiger charge is -2.11. The van der Waals surface area contributed by atoms with Crippen LogP contribution in [0.4, 0.5) is 16.2 Å². The van der Waals surface area contributed by atoms with Crippen molar-refractivity contribution >= 4 is 23.4 Å². The fourth-order valence-electron chi connectivity index (χ4n) is 2.74. The van der Waals surface area contributed by atoms with Crippen molar-refractivity contribution in [1.29, 1.82) is 0 Å². The van der Waals surface area contributed by atoms with Gasteiger partial charge in [0.2, 0.25) is 0 Å². The van der Waals surface area contributed by atoms with Crippen LogP contribution in [0.1, 0.15) is 36.1 Å². The van der Waals surface area contributed by atoms with E-state index in [9.17, 15) is 9.59 Å². The van der Waals surface area contributed by atoms with Crippen LogP contribution in [0, 0.1) is 13.8 Å². The van der Waals surface area contributed by atoms with Gasteiger partial charge >= 0.3 is 6.09 Å². The highest BCUT2D eigenvalue weighted by molar-refractivity contribution is 5.94. The Hall–Kier alpha value is -2.82. The number of benzene rings is 2. The summed E-state index contributed by atoms with van der Waals surface area (Å²) in [5.41, 5.74) is 6.05. The van der Waals surface area contributed by atoms with Crippen LogP contribution in [0.25, 0.3) is 0 Å². The molecular weight excluding hydrogens is 328 g/mol. The first-order valence-electron chi connectivity index (χ1n) is 8.85. The highest BCUT2D eigenvalue weighted by Gasteiger charge is 2.09. The van der Waals surface area contributed by atoms with Crippen molar-refractivity contribution in [3.8, 4) is 0 Å². The summed E-state index contributed by atoms with van der Waals surface area (Å²) in [4.78, 5) is 23.9. The number of aryl methyl sites for hydroxylation is 4. The molecule has 0 saturated carbocycles. The van der Waals surface area contributed by atoms with Gasteiger partial charge in [0.25, 0.3) is 5.91 Å². The molecular formula is C21H26N2O3. The molecule has 26 heavy (non-hydrogen) atoms. The minimum atomic E-state index is -0.649. The number of anilines is 2. The number of hydrogen-bond donors (Lipinski definition) is 2. The van der Waals surface area contributed by atoms with Crippen LogP contribution in [-0.2, 0) is 22.4 Å². The number of nitrogens with one attached hydrogen (secondary N) is 2. The van der Waals surface area contributed by atoms with E-state index in [1.165, 1.54) is 16.7 Å². The highest BCUT2D eigenvalue weighted by atomic mass is 16.6. The molecule has 138 valence electrons. The number of ether oxygens (including phenoxy) is 1. The first-order valence-corrected chi connectivity index (χ1v) is 8.85. The van der Waals surface area contributed by atoms with Crippen molar-refractivity contribution in [3.05, 3.63) is 58.7 Å². The largest absolute Gasteiger partial charge is 0.439 e. The molecule has 0 unspecified atom stereocenters.